The molecule has 0 radical (unpaired) electrons. The summed E-state index contributed by atoms with van der Waals surface area (Å²) in [4.78, 5) is 11.3. The summed E-state index contributed by atoms with van der Waals surface area (Å²) < 4.78 is 5.64. The van der Waals surface area contributed by atoms with Crippen LogP contribution in [0.25, 0.3) is 11.0 Å². The lowest BCUT2D eigenvalue weighted by Gasteiger charge is -2.26. The predicted molar refractivity (Wildman–Crippen MR) is 67.7 cm³/mol. The molecule has 1 aromatic carbocycles. The Morgan fingerprint density at radius 1 is 1.39 bits per heavy atom. The molecule has 3 rings (SSSR count). The lowest BCUT2D eigenvalue weighted by Crippen LogP contribution is -2.34. The number of carbonyl (C=O) groups is 1. The van der Waals surface area contributed by atoms with Crippen LogP contribution in [0.4, 0.5) is 0 Å². The van der Waals surface area contributed by atoms with Gasteiger partial charge in [-0.1, -0.05) is 24.6 Å². The van der Waals surface area contributed by atoms with E-state index in [0.29, 0.717) is 29.3 Å². The highest BCUT2D eigenvalue weighted by atomic mass is 16.4. The van der Waals surface area contributed by atoms with Crippen molar-refractivity contribution in [2.45, 2.75) is 31.8 Å². The summed E-state index contributed by atoms with van der Waals surface area (Å²) in [6, 6.07) is 7.78. The number of hydrogen-bond acceptors (Lipinski definition) is 3. The van der Waals surface area contributed by atoms with E-state index in [2.05, 4.69) is 5.32 Å². The highest BCUT2D eigenvalue weighted by Gasteiger charge is 2.22. The summed E-state index contributed by atoms with van der Waals surface area (Å²) in [5, 5.41) is 13.3. The summed E-state index contributed by atoms with van der Waals surface area (Å²) in [6.07, 6.45) is 3.59. The third-order valence-electron chi connectivity index (χ3n) is 3.54. The van der Waals surface area contributed by atoms with Crippen molar-refractivity contribution in [3.63, 3.8) is 0 Å². The van der Waals surface area contributed by atoms with Crippen molar-refractivity contribution in [3.8, 4) is 0 Å². The van der Waals surface area contributed by atoms with E-state index in [1.807, 2.05) is 12.1 Å². The molecular formula is C14H15NO3. The first kappa shape index (κ1) is 11.3. The van der Waals surface area contributed by atoms with Gasteiger partial charge < -0.3 is 14.8 Å². The second-order valence-corrected chi connectivity index (χ2v) is 4.71. The fraction of sp³-hybridized carbons (Fsp3) is 0.357. The van der Waals surface area contributed by atoms with E-state index in [-0.39, 0.29) is 5.56 Å². The molecule has 94 valence electrons. The maximum absolute atomic E-state index is 11.3. The Morgan fingerprint density at radius 3 is 2.83 bits per heavy atom. The number of nitrogens with one attached hydrogen (secondary N) is 1. The van der Waals surface area contributed by atoms with Gasteiger partial charge in [0.1, 0.15) is 16.9 Å². The Balaban J connectivity index is 1.93. The van der Waals surface area contributed by atoms with E-state index in [4.69, 9.17) is 4.42 Å². The van der Waals surface area contributed by atoms with Crippen LogP contribution in [0.2, 0.25) is 0 Å². The van der Waals surface area contributed by atoms with Crippen molar-refractivity contribution in [1.29, 1.82) is 0 Å². The molecule has 0 aliphatic heterocycles. The van der Waals surface area contributed by atoms with Crippen LogP contribution < -0.4 is 5.32 Å². The SMILES string of the molecule is O=C(O)c1c(CNC2CCC2)oc2ccccc12. The van der Waals surface area contributed by atoms with Gasteiger partial charge in [-0.3, -0.25) is 0 Å². The second-order valence-electron chi connectivity index (χ2n) is 4.71. The molecule has 1 heterocycles. The molecule has 18 heavy (non-hydrogen) atoms. The number of furan rings is 1. The second kappa shape index (κ2) is 4.46. The smallest absolute Gasteiger partial charge is 0.339 e. The van der Waals surface area contributed by atoms with Gasteiger partial charge in [0, 0.05) is 11.4 Å². The Kier molecular flexibility index (Phi) is 2.80. The number of hydrogen-bond donors (Lipinski definition) is 2. The molecule has 1 fully saturated rings. The molecule has 1 saturated carbocycles. The van der Waals surface area contributed by atoms with Gasteiger partial charge in [0.15, 0.2) is 0 Å². The first-order chi connectivity index (χ1) is 8.75. The fourth-order valence-corrected chi connectivity index (χ4v) is 2.30. The molecule has 1 aliphatic rings. The molecule has 0 bridgehead atoms. The lowest BCUT2D eigenvalue weighted by molar-refractivity contribution is 0.0696. The van der Waals surface area contributed by atoms with Gasteiger partial charge in [0.2, 0.25) is 0 Å². The number of carboxylic acids is 1. The normalized spacial score (nSPS) is 15.8. The van der Waals surface area contributed by atoms with Gasteiger partial charge in [-0.2, -0.15) is 0 Å². The molecule has 0 amide bonds. The topological polar surface area (TPSA) is 62.5 Å². The summed E-state index contributed by atoms with van der Waals surface area (Å²) >= 11 is 0. The van der Waals surface area contributed by atoms with Crippen LogP contribution >= 0.6 is 0 Å². The van der Waals surface area contributed by atoms with E-state index < -0.39 is 5.97 Å². The van der Waals surface area contributed by atoms with Crippen molar-refractivity contribution >= 4 is 16.9 Å². The number of carboxylic acid groups (broad SMARTS) is 1. The van der Waals surface area contributed by atoms with Gasteiger partial charge in [-0.25, -0.2) is 4.79 Å². The first-order valence-electron chi connectivity index (χ1n) is 6.23. The zero-order valence-electron chi connectivity index (χ0n) is 9.98. The predicted octanol–water partition coefficient (Wildman–Crippen LogP) is 2.77. The van der Waals surface area contributed by atoms with Gasteiger partial charge in [0.25, 0.3) is 0 Å². The van der Waals surface area contributed by atoms with Gasteiger partial charge >= 0.3 is 5.97 Å². The summed E-state index contributed by atoms with van der Waals surface area (Å²) in [7, 11) is 0. The minimum absolute atomic E-state index is 0.289. The Bertz CT molecular complexity index is 584. The average molecular weight is 245 g/mol. The Morgan fingerprint density at radius 2 is 2.17 bits per heavy atom. The van der Waals surface area contributed by atoms with Crippen LogP contribution in [-0.2, 0) is 6.54 Å². The van der Waals surface area contributed by atoms with Crippen LogP contribution in [0, 0.1) is 0 Å². The van der Waals surface area contributed by atoms with Gasteiger partial charge in [0.05, 0.1) is 6.54 Å². The highest BCUT2D eigenvalue weighted by Crippen LogP contribution is 2.26. The summed E-state index contributed by atoms with van der Waals surface area (Å²) in [5.74, 6) is -0.402. The van der Waals surface area contributed by atoms with Gasteiger partial charge in [-0.05, 0) is 18.9 Å². The monoisotopic (exact) mass is 245 g/mol. The molecule has 4 nitrogen and oxygen atoms in total. The minimum atomic E-state index is -0.926. The zero-order chi connectivity index (χ0) is 12.5. The number of rotatable bonds is 4. The average Bonchev–Trinajstić information content (AvgIpc) is 2.65. The third kappa shape index (κ3) is 1.88. The molecule has 1 aliphatic carbocycles. The first-order valence-corrected chi connectivity index (χ1v) is 6.23. The molecular weight excluding hydrogens is 230 g/mol. The van der Waals surface area contributed by atoms with E-state index in [9.17, 15) is 9.90 Å². The maximum atomic E-state index is 11.3. The molecule has 0 atom stereocenters. The standard InChI is InChI=1S/C14H15NO3/c16-14(17)13-10-6-1-2-7-11(10)18-12(13)8-15-9-4-3-5-9/h1-2,6-7,9,15H,3-5,8H2,(H,16,17). The van der Waals surface area contributed by atoms with E-state index >= 15 is 0 Å². The number of fused-ring (bicyclic) bond motifs is 1. The van der Waals surface area contributed by atoms with Crippen LogP contribution in [0.15, 0.2) is 28.7 Å². The quantitative estimate of drug-likeness (QED) is 0.869. The summed E-state index contributed by atoms with van der Waals surface area (Å²) in [6.45, 7) is 0.487. The van der Waals surface area contributed by atoms with Crippen molar-refractivity contribution in [2.75, 3.05) is 0 Å². The van der Waals surface area contributed by atoms with Crippen molar-refractivity contribution in [1.82, 2.24) is 5.32 Å². The lowest BCUT2D eigenvalue weighted by atomic mass is 9.93. The molecule has 2 N–H and O–H groups in total. The van der Waals surface area contributed by atoms with Crippen LogP contribution in [0.5, 0.6) is 0 Å². The van der Waals surface area contributed by atoms with Gasteiger partial charge in [-0.15, -0.1) is 0 Å². The number of aromatic carboxylic acids is 1. The molecule has 0 spiro atoms. The molecule has 1 aromatic heterocycles. The van der Waals surface area contributed by atoms with Crippen LogP contribution in [0.3, 0.4) is 0 Å². The molecule has 2 aromatic rings. The zero-order valence-corrected chi connectivity index (χ0v) is 9.98. The van der Waals surface area contributed by atoms with Crippen molar-refractivity contribution in [2.24, 2.45) is 0 Å². The Hall–Kier alpha value is -1.81. The Labute approximate surface area is 105 Å². The number of benzene rings is 1. The van der Waals surface area contributed by atoms with E-state index in [0.717, 1.165) is 0 Å². The molecule has 4 heteroatoms. The van der Waals surface area contributed by atoms with Crippen molar-refractivity contribution in [3.05, 3.63) is 35.6 Å². The van der Waals surface area contributed by atoms with Crippen LogP contribution in [0.1, 0.15) is 35.4 Å². The van der Waals surface area contributed by atoms with Crippen LogP contribution in [-0.4, -0.2) is 17.1 Å². The minimum Gasteiger partial charge on any atom is -0.478 e. The third-order valence-corrected chi connectivity index (χ3v) is 3.54. The van der Waals surface area contributed by atoms with E-state index in [1.54, 1.807) is 12.1 Å². The molecule has 0 saturated heterocycles. The number of para-hydroxylation sites is 1. The fourth-order valence-electron chi connectivity index (χ4n) is 2.30. The highest BCUT2D eigenvalue weighted by molar-refractivity contribution is 6.03. The van der Waals surface area contributed by atoms with E-state index in [1.165, 1.54) is 19.3 Å². The molecule has 0 unspecified atom stereocenters. The largest absolute Gasteiger partial charge is 0.478 e. The summed E-state index contributed by atoms with van der Waals surface area (Å²) in [5.41, 5.74) is 0.928. The van der Waals surface area contributed by atoms with Crippen molar-refractivity contribution < 1.29 is 14.3 Å². The maximum Gasteiger partial charge on any atom is 0.339 e.